The molecule has 1 aromatic rings. The van der Waals surface area contributed by atoms with Crippen molar-refractivity contribution >= 4 is 10.0 Å². The van der Waals surface area contributed by atoms with Crippen molar-refractivity contribution in [3.63, 3.8) is 0 Å². The molecule has 0 atom stereocenters. The van der Waals surface area contributed by atoms with Gasteiger partial charge in [-0.3, -0.25) is 0 Å². The molecule has 1 aliphatic rings. The molecule has 1 heterocycles. The van der Waals surface area contributed by atoms with Crippen molar-refractivity contribution in [3.05, 3.63) is 17.9 Å². The largest absolute Gasteiger partial charge is 0.446 e. The molecule has 2 rings (SSSR count). The SMILES string of the molecule is CCN(C1CCCC1)S(=O)(=O)c1ccc(CO)o1. The van der Waals surface area contributed by atoms with Crippen molar-refractivity contribution in [2.75, 3.05) is 6.54 Å². The molecule has 1 fully saturated rings. The Hall–Kier alpha value is -0.850. The normalized spacial score (nSPS) is 17.7. The van der Waals surface area contributed by atoms with Crippen molar-refractivity contribution < 1.29 is 17.9 Å². The van der Waals surface area contributed by atoms with E-state index in [9.17, 15) is 8.42 Å². The minimum absolute atomic E-state index is 0.0692. The first-order valence-electron chi connectivity index (χ1n) is 6.31. The van der Waals surface area contributed by atoms with E-state index >= 15 is 0 Å². The van der Waals surface area contributed by atoms with Gasteiger partial charge in [0, 0.05) is 12.6 Å². The van der Waals surface area contributed by atoms with E-state index in [1.165, 1.54) is 16.4 Å². The highest BCUT2D eigenvalue weighted by Crippen LogP contribution is 2.29. The van der Waals surface area contributed by atoms with Gasteiger partial charge in [-0.25, -0.2) is 8.42 Å². The second-order valence-corrected chi connectivity index (χ2v) is 6.35. The molecule has 5 nitrogen and oxygen atoms in total. The van der Waals surface area contributed by atoms with Gasteiger partial charge in [0.1, 0.15) is 12.4 Å². The fourth-order valence-corrected chi connectivity index (χ4v) is 4.14. The lowest BCUT2D eigenvalue weighted by Crippen LogP contribution is -2.38. The van der Waals surface area contributed by atoms with E-state index in [2.05, 4.69) is 0 Å². The van der Waals surface area contributed by atoms with E-state index in [1.807, 2.05) is 6.92 Å². The van der Waals surface area contributed by atoms with Gasteiger partial charge in [-0.2, -0.15) is 4.31 Å². The standard InChI is InChI=1S/C12H19NO4S/c1-2-13(10-5-3-4-6-10)18(15,16)12-8-7-11(9-14)17-12/h7-8,10,14H,2-6,9H2,1H3. The lowest BCUT2D eigenvalue weighted by molar-refractivity contribution is 0.233. The van der Waals surface area contributed by atoms with Crippen molar-refractivity contribution in [1.29, 1.82) is 0 Å². The van der Waals surface area contributed by atoms with E-state index in [0.29, 0.717) is 6.54 Å². The fraction of sp³-hybridized carbons (Fsp3) is 0.667. The molecule has 1 saturated carbocycles. The van der Waals surface area contributed by atoms with Crippen molar-refractivity contribution in [1.82, 2.24) is 4.31 Å². The van der Waals surface area contributed by atoms with Crippen LogP contribution >= 0.6 is 0 Å². The van der Waals surface area contributed by atoms with Crippen LogP contribution in [0.4, 0.5) is 0 Å². The molecule has 0 aliphatic heterocycles. The van der Waals surface area contributed by atoms with Gasteiger partial charge in [0.2, 0.25) is 5.09 Å². The zero-order chi connectivity index (χ0) is 13.2. The Kier molecular flexibility index (Phi) is 4.09. The van der Waals surface area contributed by atoms with E-state index in [1.54, 1.807) is 0 Å². The molecule has 0 radical (unpaired) electrons. The molecule has 0 aromatic carbocycles. The summed E-state index contributed by atoms with van der Waals surface area (Å²) >= 11 is 0. The van der Waals surface area contributed by atoms with Crippen LogP contribution in [0.3, 0.4) is 0 Å². The van der Waals surface area contributed by atoms with Gasteiger partial charge >= 0.3 is 0 Å². The Morgan fingerprint density at radius 2 is 2.06 bits per heavy atom. The minimum atomic E-state index is -3.57. The summed E-state index contributed by atoms with van der Waals surface area (Å²) in [5.41, 5.74) is 0. The summed E-state index contributed by atoms with van der Waals surface area (Å²) in [5.74, 6) is 0.274. The van der Waals surface area contributed by atoms with Crippen molar-refractivity contribution in [3.8, 4) is 0 Å². The van der Waals surface area contributed by atoms with Crippen LogP contribution in [-0.4, -0.2) is 30.4 Å². The monoisotopic (exact) mass is 273 g/mol. The van der Waals surface area contributed by atoms with E-state index < -0.39 is 10.0 Å². The molecular formula is C12H19NO4S. The maximum atomic E-state index is 12.4. The first kappa shape index (κ1) is 13.6. The maximum Gasteiger partial charge on any atom is 0.276 e. The maximum absolute atomic E-state index is 12.4. The third-order valence-electron chi connectivity index (χ3n) is 3.40. The van der Waals surface area contributed by atoms with Crippen LogP contribution in [0.2, 0.25) is 0 Å². The Morgan fingerprint density at radius 1 is 1.39 bits per heavy atom. The number of nitrogens with zero attached hydrogens (tertiary/aromatic N) is 1. The average molecular weight is 273 g/mol. The highest BCUT2D eigenvalue weighted by atomic mass is 32.2. The summed E-state index contributed by atoms with van der Waals surface area (Å²) in [6, 6.07) is 3.00. The molecule has 102 valence electrons. The number of aliphatic hydroxyl groups excluding tert-OH is 1. The predicted molar refractivity (Wildman–Crippen MR) is 66.5 cm³/mol. The van der Waals surface area contributed by atoms with Gasteiger partial charge in [-0.15, -0.1) is 0 Å². The smallest absolute Gasteiger partial charge is 0.276 e. The number of hydrogen-bond donors (Lipinski definition) is 1. The second kappa shape index (κ2) is 5.42. The van der Waals surface area contributed by atoms with Crippen molar-refractivity contribution in [2.24, 2.45) is 0 Å². The number of hydrogen-bond acceptors (Lipinski definition) is 4. The summed E-state index contributed by atoms with van der Waals surface area (Å²) in [6.07, 6.45) is 3.99. The summed E-state index contributed by atoms with van der Waals surface area (Å²) in [6.45, 7) is 2.00. The molecule has 0 saturated heterocycles. The quantitative estimate of drug-likeness (QED) is 0.887. The van der Waals surface area contributed by atoms with E-state index in [4.69, 9.17) is 9.52 Å². The van der Waals surface area contributed by atoms with E-state index in [0.717, 1.165) is 25.7 Å². The number of furan rings is 1. The van der Waals surface area contributed by atoms with Crippen LogP contribution in [0.5, 0.6) is 0 Å². The topological polar surface area (TPSA) is 70.8 Å². The fourth-order valence-electron chi connectivity index (χ4n) is 2.51. The molecule has 18 heavy (non-hydrogen) atoms. The predicted octanol–water partition coefficient (Wildman–Crippen LogP) is 1.73. The Morgan fingerprint density at radius 3 is 2.56 bits per heavy atom. The molecule has 1 aromatic heterocycles. The van der Waals surface area contributed by atoms with Gasteiger partial charge in [0.15, 0.2) is 0 Å². The van der Waals surface area contributed by atoms with Crippen LogP contribution in [0.1, 0.15) is 38.4 Å². The Labute approximate surface area is 107 Å². The number of rotatable bonds is 5. The molecule has 1 aliphatic carbocycles. The van der Waals surface area contributed by atoms with Crippen LogP contribution in [0.25, 0.3) is 0 Å². The molecular weight excluding hydrogens is 254 g/mol. The second-order valence-electron chi connectivity index (χ2n) is 4.53. The summed E-state index contributed by atoms with van der Waals surface area (Å²) in [5, 5.41) is 8.85. The Bertz CT molecular complexity index is 488. The third-order valence-corrected chi connectivity index (χ3v) is 5.30. The molecule has 0 unspecified atom stereocenters. The minimum Gasteiger partial charge on any atom is -0.446 e. The van der Waals surface area contributed by atoms with Gasteiger partial charge in [0.25, 0.3) is 10.0 Å². The molecule has 6 heteroatoms. The summed E-state index contributed by atoms with van der Waals surface area (Å²) in [7, 11) is -3.57. The molecule has 0 bridgehead atoms. The molecule has 0 amide bonds. The van der Waals surface area contributed by atoms with Crippen molar-refractivity contribution in [2.45, 2.75) is 50.3 Å². The number of sulfonamides is 1. The summed E-state index contributed by atoms with van der Waals surface area (Å²) in [4.78, 5) is 0. The van der Waals surface area contributed by atoms with Crippen LogP contribution in [0.15, 0.2) is 21.6 Å². The van der Waals surface area contributed by atoms with Gasteiger partial charge in [-0.05, 0) is 25.0 Å². The van der Waals surface area contributed by atoms with Crippen LogP contribution in [0, 0.1) is 0 Å². The highest BCUT2D eigenvalue weighted by Gasteiger charge is 2.33. The van der Waals surface area contributed by atoms with Gasteiger partial charge < -0.3 is 9.52 Å². The summed E-state index contributed by atoms with van der Waals surface area (Å²) < 4.78 is 31.5. The zero-order valence-electron chi connectivity index (χ0n) is 10.5. The Balaban J connectivity index is 2.27. The van der Waals surface area contributed by atoms with Gasteiger partial charge in [-0.1, -0.05) is 19.8 Å². The third kappa shape index (κ3) is 2.46. The van der Waals surface area contributed by atoms with Gasteiger partial charge in [0.05, 0.1) is 0 Å². The zero-order valence-corrected chi connectivity index (χ0v) is 11.3. The van der Waals surface area contributed by atoms with E-state index in [-0.39, 0.29) is 23.5 Å². The van der Waals surface area contributed by atoms with Crippen LogP contribution < -0.4 is 0 Å². The number of aliphatic hydroxyl groups is 1. The van der Waals surface area contributed by atoms with Crippen LogP contribution in [-0.2, 0) is 16.6 Å². The average Bonchev–Trinajstić information content (AvgIpc) is 3.00. The molecule has 1 N–H and O–H groups in total. The highest BCUT2D eigenvalue weighted by molar-refractivity contribution is 7.89. The first-order chi connectivity index (χ1) is 8.59. The first-order valence-corrected chi connectivity index (χ1v) is 7.75. The lowest BCUT2D eigenvalue weighted by Gasteiger charge is -2.25. The lowest BCUT2D eigenvalue weighted by atomic mass is 10.2. The molecule has 0 spiro atoms.